The first-order valence-electron chi connectivity index (χ1n) is 7.84. The van der Waals surface area contributed by atoms with Crippen LogP contribution < -0.4 is 5.32 Å². The van der Waals surface area contributed by atoms with Crippen molar-refractivity contribution < 1.29 is 9.59 Å². The first-order valence-corrected chi connectivity index (χ1v) is 8.72. The van der Waals surface area contributed by atoms with Crippen LogP contribution in [0.15, 0.2) is 41.8 Å². The van der Waals surface area contributed by atoms with Gasteiger partial charge in [0, 0.05) is 12.2 Å². The molecule has 1 aliphatic heterocycles. The molecule has 0 aliphatic carbocycles. The van der Waals surface area contributed by atoms with E-state index in [1.807, 2.05) is 17.5 Å². The third-order valence-electron chi connectivity index (χ3n) is 4.08. The summed E-state index contributed by atoms with van der Waals surface area (Å²) in [6.45, 7) is 0.599. The number of nitrogens with one attached hydrogen (secondary N) is 1. The fourth-order valence-electron chi connectivity index (χ4n) is 2.84. The number of anilines is 1. The molecule has 1 aromatic heterocycles. The van der Waals surface area contributed by atoms with Crippen LogP contribution in [0.1, 0.15) is 34.5 Å². The van der Waals surface area contributed by atoms with Gasteiger partial charge in [0.05, 0.1) is 16.5 Å². The molecule has 0 spiro atoms. The van der Waals surface area contributed by atoms with Gasteiger partial charge in [-0.2, -0.15) is 5.26 Å². The number of hydrogen-bond acceptors (Lipinski definition) is 4. The van der Waals surface area contributed by atoms with Gasteiger partial charge in [-0.15, -0.1) is 11.3 Å². The monoisotopic (exact) mass is 339 g/mol. The average Bonchev–Trinajstić information content (AvgIpc) is 3.16. The highest BCUT2D eigenvalue weighted by molar-refractivity contribution is 7.12. The summed E-state index contributed by atoms with van der Waals surface area (Å²) in [6.07, 6.45) is 2.51. The molecule has 2 heterocycles. The first kappa shape index (κ1) is 16.2. The van der Waals surface area contributed by atoms with Gasteiger partial charge in [-0.25, -0.2) is 0 Å². The number of likely N-dealkylation sites (tertiary alicyclic amines) is 1. The lowest BCUT2D eigenvalue weighted by atomic mass is 10.0. The molecule has 1 atom stereocenters. The minimum absolute atomic E-state index is 0.0790. The summed E-state index contributed by atoms with van der Waals surface area (Å²) in [4.78, 5) is 27.6. The zero-order chi connectivity index (χ0) is 16.9. The van der Waals surface area contributed by atoms with Crippen LogP contribution in [-0.4, -0.2) is 29.3 Å². The maximum Gasteiger partial charge on any atom is 0.264 e. The van der Waals surface area contributed by atoms with E-state index in [1.54, 1.807) is 35.2 Å². The van der Waals surface area contributed by atoms with E-state index in [-0.39, 0.29) is 11.8 Å². The quantitative estimate of drug-likeness (QED) is 0.933. The summed E-state index contributed by atoms with van der Waals surface area (Å²) in [5.41, 5.74) is 1.17. The molecule has 2 amide bonds. The molecule has 1 fully saturated rings. The Bertz CT molecular complexity index is 763. The van der Waals surface area contributed by atoms with Gasteiger partial charge < -0.3 is 10.2 Å². The van der Waals surface area contributed by atoms with Crippen molar-refractivity contribution in [3.8, 4) is 6.07 Å². The van der Waals surface area contributed by atoms with Crippen LogP contribution in [0.4, 0.5) is 5.69 Å². The van der Waals surface area contributed by atoms with Gasteiger partial charge in [0.2, 0.25) is 5.91 Å². The second-order valence-corrected chi connectivity index (χ2v) is 6.61. The number of carbonyl (C=O) groups is 2. The van der Waals surface area contributed by atoms with E-state index >= 15 is 0 Å². The maximum atomic E-state index is 12.6. The molecule has 1 unspecified atom stereocenters. The summed E-state index contributed by atoms with van der Waals surface area (Å²) in [7, 11) is 0. The smallest absolute Gasteiger partial charge is 0.264 e. The fourth-order valence-corrected chi connectivity index (χ4v) is 3.52. The van der Waals surface area contributed by atoms with E-state index < -0.39 is 6.04 Å². The van der Waals surface area contributed by atoms with Crippen molar-refractivity contribution in [3.05, 3.63) is 52.2 Å². The van der Waals surface area contributed by atoms with Crippen LogP contribution in [0, 0.1) is 11.3 Å². The summed E-state index contributed by atoms with van der Waals surface area (Å²) < 4.78 is 0. The van der Waals surface area contributed by atoms with E-state index in [2.05, 4.69) is 5.32 Å². The molecular formula is C18H17N3O2S. The normalized spacial score (nSPS) is 17.1. The van der Waals surface area contributed by atoms with Gasteiger partial charge in [0.1, 0.15) is 6.04 Å². The number of benzene rings is 1. The van der Waals surface area contributed by atoms with Crippen LogP contribution in [0.25, 0.3) is 0 Å². The van der Waals surface area contributed by atoms with Gasteiger partial charge in [0.25, 0.3) is 5.91 Å². The molecule has 1 saturated heterocycles. The van der Waals surface area contributed by atoms with E-state index in [0.717, 1.165) is 12.8 Å². The van der Waals surface area contributed by atoms with Crippen LogP contribution in [0.2, 0.25) is 0 Å². The van der Waals surface area contributed by atoms with E-state index in [0.29, 0.717) is 29.1 Å². The Kier molecular flexibility index (Phi) is 4.92. The Morgan fingerprint density at radius 1 is 1.21 bits per heavy atom. The van der Waals surface area contributed by atoms with E-state index in [1.165, 1.54) is 11.3 Å². The molecule has 0 bridgehead atoms. The van der Waals surface area contributed by atoms with Crippen molar-refractivity contribution >= 4 is 28.8 Å². The fraction of sp³-hybridized carbons (Fsp3) is 0.278. The number of rotatable bonds is 3. The third kappa shape index (κ3) is 3.47. The summed E-state index contributed by atoms with van der Waals surface area (Å²) in [5.74, 6) is -0.256. The molecular weight excluding hydrogens is 322 g/mol. The lowest BCUT2D eigenvalue weighted by Crippen LogP contribution is -2.49. The number of nitriles is 1. The Balaban J connectivity index is 1.73. The SMILES string of the molecule is N#Cc1ccc(NC(=O)C2CCCCN2C(=O)c2cccs2)cc1. The number of hydrogen-bond donors (Lipinski definition) is 1. The molecule has 122 valence electrons. The predicted molar refractivity (Wildman–Crippen MR) is 92.8 cm³/mol. The number of nitrogens with zero attached hydrogens (tertiary/aromatic N) is 2. The molecule has 2 aromatic rings. The lowest BCUT2D eigenvalue weighted by molar-refractivity contribution is -0.121. The topological polar surface area (TPSA) is 73.2 Å². The number of amides is 2. The lowest BCUT2D eigenvalue weighted by Gasteiger charge is -2.34. The van der Waals surface area contributed by atoms with Gasteiger partial charge in [0.15, 0.2) is 0 Å². The number of piperidine rings is 1. The van der Waals surface area contributed by atoms with Crippen molar-refractivity contribution in [2.45, 2.75) is 25.3 Å². The highest BCUT2D eigenvalue weighted by Crippen LogP contribution is 2.23. The molecule has 5 nitrogen and oxygen atoms in total. The number of thiophene rings is 1. The second-order valence-electron chi connectivity index (χ2n) is 5.67. The minimum Gasteiger partial charge on any atom is -0.326 e. The molecule has 3 rings (SSSR count). The molecule has 24 heavy (non-hydrogen) atoms. The van der Waals surface area contributed by atoms with Gasteiger partial charge in [-0.3, -0.25) is 9.59 Å². The van der Waals surface area contributed by atoms with Crippen LogP contribution in [0.3, 0.4) is 0 Å². The van der Waals surface area contributed by atoms with Crippen molar-refractivity contribution in [1.29, 1.82) is 5.26 Å². The van der Waals surface area contributed by atoms with Crippen LogP contribution in [-0.2, 0) is 4.79 Å². The Hall–Kier alpha value is -2.65. The molecule has 1 aliphatic rings. The highest BCUT2D eigenvalue weighted by Gasteiger charge is 2.33. The van der Waals surface area contributed by atoms with E-state index in [9.17, 15) is 9.59 Å². The zero-order valence-electron chi connectivity index (χ0n) is 13.1. The molecule has 0 radical (unpaired) electrons. The maximum absolute atomic E-state index is 12.6. The largest absolute Gasteiger partial charge is 0.326 e. The Morgan fingerprint density at radius 3 is 2.67 bits per heavy atom. The standard InChI is InChI=1S/C18H17N3O2S/c19-12-13-6-8-14(9-7-13)20-17(22)15-4-1-2-10-21(15)18(23)16-5-3-11-24-16/h3,5-9,11,15H,1-2,4,10H2,(H,20,22). The molecule has 0 saturated carbocycles. The predicted octanol–water partition coefficient (Wildman–Crippen LogP) is 3.25. The van der Waals surface area contributed by atoms with Gasteiger partial charge >= 0.3 is 0 Å². The first-order chi connectivity index (χ1) is 11.7. The molecule has 6 heteroatoms. The summed E-state index contributed by atoms with van der Waals surface area (Å²) in [5, 5.41) is 13.5. The van der Waals surface area contributed by atoms with Crippen molar-refractivity contribution in [2.75, 3.05) is 11.9 Å². The second kappa shape index (κ2) is 7.28. The highest BCUT2D eigenvalue weighted by atomic mass is 32.1. The number of carbonyl (C=O) groups excluding carboxylic acids is 2. The zero-order valence-corrected chi connectivity index (χ0v) is 13.9. The van der Waals surface area contributed by atoms with Crippen LogP contribution >= 0.6 is 11.3 Å². The van der Waals surface area contributed by atoms with E-state index in [4.69, 9.17) is 5.26 Å². The molecule has 1 N–H and O–H groups in total. The van der Waals surface area contributed by atoms with Crippen LogP contribution in [0.5, 0.6) is 0 Å². The van der Waals surface area contributed by atoms with Crippen molar-refractivity contribution in [2.24, 2.45) is 0 Å². The minimum atomic E-state index is -0.455. The van der Waals surface area contributed by atoms with Gasteiger partial charge in [-0.1, -0.05) is 6.07 Å². The summed E-state index contributed by atoms with van der Waals surface area (Å²) in [6, 6.07) is 11.9. The van der Waals surface area contributed by atoms with Crippen molar-refractivity contribution in [1.82, 2.24) is 4.90 Å². The Labute approximate surface area is 144 Å². The average molecular weight is 339 g/mol. The Morgan fingerprint density at radius 2 is 2.00 bits per heavy atom. The van der Waals surface area contributed by atoms with Gasteiger partial charge in [-0.05, 0) is 55.0 Å². The van der Waals surface area contributed by atoms with Crippen molar-refractivity contribution in [3.63, 3.8) is 0 Å². The third-order valence-corrected chi connectivity index (χ3v) is 4.94. The molecule has 1 aromatic carbocycles. The summed E-state index contributed by atoms with van der Waals surface area (Å²) >= 11 is 1.39.